The zero-order chi connectivity index (χ0) is 14.8. The molecule has 2 N–H and O–H groups in total. The summed E-state index contributed by atoms with van der Waals surface area (Å²) in [7, 11) is -3.32. The maximum atomic E-state index is 11.8. The highest BCUT2D eigenvalue weighted by atomic mass is 32.2. The maximum absolute atomic E-state index is 11.8. The zero-order valence-electron chi connectivity index (χ0n) is 10.8. The number of nitrogens with one attached hydrogen (secondary N) is 1. The molecule has 0 atom stereocenters. The van der Waals surface area contributed by atoms with Crippen LogP contribution in [0.5, 0.6) is 0 Å². The largest absolute Gasteiger partial charge is 0.480 e. The van der Waals surface area contributed by atoms with E-state index in [2.05, 4.69) is 5.32 Å². The van der Waals surface area contributed by atoms with Crippen molar-refractivity contribution in [3.05, 3.63) is 29.8 Å². The zero-order valence-corrected chi connectivity index (χ0v) is 11.6. The Kier molecular flexibility index (Phi) is 4.00. The van der Waals surface area contributed by atoms with Crippen LogP contribution in [0.3, 0.4) is 0 Å². The summed E-state index contributed by atoms with van der Waals surface area (Å²) in [6.45, 7) is 2.72. The molecule has 1 rings (SSSR count). The smallest absolute Gasteiger partial charge is 0.328 e. The number of amides is 1. The predicted molar refractivity (Wildman–Crippen MR) is 68.7 cm³/mol. The number of carboxylic acids is 1. The third kappa shape index (κ3) is 3.78. The first-order valence-electron chi connectivity index (χ1n) is 5.40. The van der Waals surface area contributed by atoms with Crippen molar-refractivity contribution in [2.75, 3.05) is 6.26 Å². The van der Waals surface area contributed by atoms with Crippen LogP contribution in [-0.4, -0.2) is 37.2 Å². The molecule has 7 heteroatoms. The number of carboxylic acid groups (broad SMARTS) is 1. The lowest BCUT2D eigenvalue weighted by molar-refractivity contribution is -0.143. The van der Waals surface area contributed by atoms with Gasteiger partial charge in [-0.15, -0.1) is 0 Å². The van der Waals surface area contributed by atoms with E-state index < -0.39 is 27.3 Å². The highest BCUT2D eigenvalue weighted by molar-refractivity contribution is 7.90. The Bertz CT molecular complexity index is 602. The van der Waals surface area contributed by atoms with E-state index in [0.29, 0.717) is 0 Å². The fourth-order valence-corrected chi connectivity index (χ4v) is 1.89. The molecule has 0 bridgehead atoms. The van der Waals surface area contributed by atoms with Crippen LogP contribution in [0.15, 0.2) is 29.2 Å². The van der Waals surface area contributed by atoms with Crippen LogP contribution < -0.4 is 5.32 Å². The summed E-state index contributed by atoms with van der Waals surface area (Å²) in [5.74, 6) is -1.74. The number of hydrogen-bond donors (Lipinski definition) is 2. The molecule has 0 spiro atoms. The van der Waals surface area contributed by atoms with Crippen molar-refractivity contribution < 1.29 is 23.1 Å². The molecule has 0 radical (unpaired) electrons. The summed E-state index contributed by atoms with van der Waals surface area (Å²) in [5, 5.41) is 11.2. The van der Waals surface area contributed by atoms with Gasteiger partial charge in [-0.3, -0.25) is 4.79 Å². The second-order valence-electron chi connectivity index (χ2n) is 4.68. The van der Waals surface area contributed by atoms with Crippen LogP contribution in [0.25, 0.3) is 0 Å². The van der Waals surface area contributed by atoms with Gasteiger partial charge in [0.15, 0.2) is 9.84 Å². The maximum Gasteiger partial charge on any atom is 0.328 e. The van der Waals surface area contributed by atoms with Gasteiger partial charge in [-0.05, 0) is 38.1 Å². The van der Waals surface area contributed by atoms with E-state index in [-0.39, 0.29) is 10.5 Å². The van der Waals surface area contributed by atoms with Gasteiger partial charge in [0.05, 0.1) is 4.90 Å². The number of hydrogen-bond acceptors (Lipinski definition) is 4. The molecular formula is C12H15NO5S. The van der Waals surface area contributed by atoms with E-state index in [0.717, 1.165) is 6.26 Å². The lowest BCUT2D eigenvalue weighted by Crippen LogP contribution is -2.49. The molecule has 0 aliphatic rings. The molecule has 19 heavy (non-hydrogen) atoms. The van der Waals surface area contributed by atoms with Gasteiger partial charge in [0.1, 0.15) is 5.54 Å². The summed E-state index contributed by atoms with van der Waals surface area (Å²) in [6, 6.07) is 5.28. The average Bonchev–Trinajstić information content (AvgIpc) is 2.27. The van der Waals surface area contributed by atoms with E-state index in [9.17, 15) is 18.0 Å². The number of aliphatic carboxylic acids is 1. The molecule has 0 aliphatic heterocycles. The fraction of sp³-hybridized carbons (Fsp3) is 0.333. The van der Waals surface area contributed by atoms with Gasteiger partial charge in [-0.25, -0.2) is 13.2 Å². The van der Waals surface area contributed by atoms with Crippen molar-refractivity contribution in [3.63, 3.8) is 0 Å². The third-order valence-electron chi connectivity index (χ3n) is 2.51. The minimum absolute atomic E-state index is 0.0987. The van der Waals surface area contributed by atoms with Crippen molar-refractivity contribution >= 4 is 21.7 Å². The van der Waals surface area contributed by atoms with E-state index in [1.807, 2.05) is 0 Å². The number of benzene rings is 1. The topological polar surface area (TPSA) is 101 Å². The van der Waals surface area contributed by atoms with Crippen LogP contribution in [0.4, 0.5) is 0 Å². The third-order valence-corrected chi connectivity index (χ3v) is 3.63. The molecule has 1 aromatic carbocycles. The van der Waals surface area contributed by atoms with E-state index >= 15 is 0 Å². The van der Waals surface area contributed by atoms with Crippen LogP contribution in [0, 0.1) is 0 Å². The normalized spacial score (nSPS) is 11.9. The summed E-state index contributed by atoms with van der Waals surface area (Å²) < 4.78 is 22.5. The van der Waals surface area contributed by atoms with Gasteiger partial charge < -0.3 is 10.4 Å². The standard InChI is InChI=1S/C12H15NO5S/c1-12(2,11(15)16)13-10(14)8-4-6-9(7-5-8)19(3,17)18/h4-7H,1-3H3,(H,13,14)(H,15,16). The Hall–Kier alpha value is -1.89. The highest BCUT2D eigenvalue weighted by Gasteiger charge is 2.29. The van der Waals surface area contributed by atoms with Gasteiger partial charge in [0.2, 0.25) is 0 Å². The van der Waals surface area contributed by atoms with Gasteiger partial charge in [0, 0.05) is 11.8 Å². The van der Waals surface area contributed by atoms with Crippen LogP contribution >= 0.6 is 0 Å². The van der Waals surface area contributed by atoms with Crippen molar-refractivity contribution in [2.24, 2.45) is 0 Å². The molecule has 0 saturated heterocycles. The van der Waals surface area contributed by atoms with Crippen LogP contribution in [0.2, 0.25) is 0 Å². The van der Waals surface area contributed by atoms with E-state index in [4.69, 9.17) is 5.11 Å². The van der Waals surface area contributed by atoms with Gasteiger partial charge in [-0.2, -0.15) is 0 Å². The SMILES string of the molecule is CC(C)(NC(=O)c1ccc(S(C)(=O)=O)cc1)C(=O)O. The Balaban J connectivity index is 2.94. The average molecular weight is 285 g/mol. The molecule has 1 amide bonds. The van der Waals surface area contributed by atoms with E-state index in [1.54, 1.807) is 0 Å². The molecular weight excluding hydrogens is 270 g/mol. The monoisotopic (exact) mass is 285 g/mol. The Morgan fingerprint density at radius 2 is 1.63 bits per heavy atom. The molecule has 0 fully saturated rings. The van der Waals surface area contributed by atoms with Gasteiger partial charge >= 0.3 is 5.97 Å². The fourth-order valence-electron chi connectivity index (χ4n) is 1.26. The minimum atomic E-state index is -3.32. The van der Waals surface area contributed by atoms with Crippen molar-refractivity contribution in [1.29, 1.82) is 0 Å². The minimum Gasteiger partial charge on any atom is -0.480 e. The van der Waals surface area contributed by atoms with Gasteiger partial charge in [-0.1, -0.05) is 0 Å². The molecule has 0 aromatic heterocycles. The first-order chi connectivity index (χ1) is 8.54. The number of carbonyl (C=O) groups is 2. The molecule has 0 saturated carbocycles. The number of carbonyl (C=O) groups excluding carboxylic acids is 1. The first kappa shape index (κ1) is 15.2. The second kappa shape index (κ2) is 5.00. The van der Waals surface area contributed by atoms with Crippen LogP contribution in [-0.2, 0) is 14.6 Å². The van der Waals surface area contributed by atoms with Crippen molar-refractivity contribution in [1.82, 2.24) is 5.32 Å². The second-order valence-corrected chi connectivity index (χ2v) is 6.70. The summed E-state index contributed by atoms with van der Waals surface area (Å²) in [6.07, 6.45) is 1.07. The lowest BCUT2D eigenvalue weighted by atomic mass is 10.1. The highest BCUT2D eigenvalue weighted by Crippen LogP contribution is 2.11. The molecule has 0 unspecified atom stereocenters. The Morgan fingerprint density at radius 1 is 1.16 bits per heavy atom. The number of sulfone groups is 1. The molecule has 0 aliphatic carbocycles. The summed E-state index contributed by atoms with van der Waals surface area (Å²) in [5.41, 5.74) is -1.20. The molecule has 104 valence electrons. The molecule has 1 aromatic rings. The summed E-state index contributed by atoms with van der Waals surface area (Å²) >= 11 is 0. The van der Waals surface area contributed by atoms with Crippen molar-refractivity contribution in [2.45, 2.75) is 24.3 Å². The van der Waals surface area contributed by atoms with Crippen LogP contribution in [0.1, 0.15) is 24.2 Å². The lowest BCUT2D eigenvalue weighted by Gasteiger charge is -2.20. The quantitative estimate of drug-likeness (QED) is 0.847. The molecule has 6 nitrogen and oxygen atoms in total. The molecule has 0 heterocycles. The Labute approximate surface area is 111 Å². The first-order valence-corrected chi connectivity index (χ1v) is 7.29. The Morgan fingerprint density at radius 3 is 2.00 bits per heavy atom. The summed E-state index contributed by atoms with van der Waals surface area (Å²) in [4.78, 5) is 22.8. The van der Waals surface area contributed by atoms with E-state index in [1.165, 1.54) is 38.1 Å². The van der Waals surface area contributed by atoms with Gasteiger partial charge in [0.25, 0.3) is 5.91 Å². The van der Waals surface area contributed by atoms with Crippen molar-refractivity contribution in [3.8, 4) is 0 Å². The predicted octanol–water partition coefficient (Wildman–Crippen LogP) is 0.683. The number of rotatable bonds is 4.